The molecule has 1 aliphatic rings. The second-order valence-corrected chi connectivity index (χ2v) is 9.60. The minimum atomic E-state index is 0.160. The molecule has 3 aromatic carbocycles. The zero-order valence-corrected chi connectivity index (χ0v) is 18.8. The molecule has 0 N–H and O–H groups in total. The summed E-state index contributed by atoms with van der Waals surface area (Å²) in [5, 5.41) is 7.28. The van der Waals surface area contributed by atoms with Crippen molar-refractivity contribution in [1.82, 2.24) is 0 Å². The molecule has 4 rings (SSSR count). The molecule has 1 unspecified atom stereocenters. The molecular formula is C28H32N2. The first-order valence-electron chi connectivity index (χ1n) is 11.0. The van der Waals surface area contributed by atoms with Gasteiger partial charge in [0.2, 0.25) is 0 Å². The third kappa shape index (κ3) is 4.18. The van der Waals surface area contributed by atoms with Gasteiger partial charge in [0.15, 0.2) is 0 Å². The number of benzene rings is 3. The molecule has 0 radical (unpaired) electrons. The van der Waals surface area contributed by atoms with Crippen LogP contribution in [0.15, 0.2) is 84.0 Å². The molecule has 0 amide bonds. The van der Waals surface area contributed by atoms with Gasteiger partial charge < -0.3 is 0 Å². The minimum Gasteiger partial charge on any atom is -0.257 e. The van der Waals surface area contributed by atoms with Gasteiger partial charge in [-0.3, -0.25) is 5.01 Å². The fraction of sp³-hybridized carbons (Fsp3) is 0.321. The van der Waals surface area contributed by atoms with Gasteiger partial charge in [-0.2, -0.15) is 5.10 Å². The van der Waals surface area contributed by atoms with Gasteiger partial charge in [-0.25, -0.2) is 0 Å². The van der Waals surface area contributed by atoms with Crippen LogP contribution < -0.4 is 5.01 Å². The highest BCUT2D eigenvalue weighted by atomic mass is 15.5. The first-order chi connectivity index (χ1) is 14.3. The van der Waals surface area contributed by atoms with Crippen LogP contribution in [0.3, 0.4) is 0 Å². The maximum atomic E-state index is 5.09. The van der Waals surface area contributed by atoms with Crippen molar-refractivity contribution in [3.8, 4) is 0 Å². The van der Waals surface area contributed by atoms with Gasteiger partial charge in [0.05, 0.1) is 17.4 Å². The number of nitrogens with zero attached hydrogens (tertiary/aromatic N) is 2. The minimum absolute atomic E-state index is 0.160. The average Bonchev–Trinajstić information content (AvgIpc) is 3.19. The van der Waals surface area contributed by atoms with E-state index in [1.807, 2.05) is 0 Å². The lowest BCUT2D eigenvalue weighted by atomic mass is 9.86. The predicted octanol–water partition coefficient (Wildman–Crippen LogP) is 7.46. The molecule has 0 aromatic heterocycles. The van der Waals surface area contributed by atoms with Crippen molar-refractivity contribution in [3.63, 3.8) is 0 Å². The monoisotopic (exact) mass is 396 g/mol. The normalized spacial score (nSPS) is 16.8. The Kier molecular flexibility index (Phi) is 5.51. The van der Waals surface area contributed by atoms with E-state index in [-0.39, 0.29) is 11.5 Å². The third-order valence-electron chi connectivity index (χ3n) is 6.00. The summed E-state index contributed by atoms with van der Waals surface area (Å²) in [5.74, 6) is 0.543. The zero-order chi connectivity index (χ0) is 21.3. The fourth-order valence-corrected chi connectivity index (χ4v) is 4.03. The first kappa shape index (κ1) is 20.4. The molecule has 154 valence electrons. The molecule has 1 aliphatic heterocycles. The number of hydrazone groups is 1. The Balaban J connectivity index is 1.68. The molecule has 0 spiro atoms. The van der Waals surface area contributed by atoms with E-state index in [9.17, 15) is 0 Å². The summed E-state index contributed by atoms with van der Waals surface area (Å²) in [7, 11) is 0. The topological polar surface area (TPSA) is 15.6 Å². The van der Waals surface area contributed by atoms with Crippen molar-refractivity contribution < 1.29 is 0 Å². The van der Waals surface area contributed by atoms with E-state index in [4.69, 9.17) is 5.10 Å². The molecule has 0 aliphatic carbocycles. The summed E-state index contributed by atoms with van der Waals surface area (Å²) in [6.45, 7) is 11.2. The molecule has 1 heterocycles. The molecule has 30 heavy (non-hydrogen) atoms. The molecule has 0 saturated heterocycles. The number of rotatable bonds is 4. The standard InChI is InChI=1S/C28H32N2/c1-20(2)21-11-13-23(14-12-21)27-19-26(29-30(27)25-9-7-6-8-10-25)22-15-17-24(18-16-22)28(3,4)5/h6-18,20,27H,19H2,1-5H3. The molecular weight excluding hydrogens is 364 g/mol. The van der Waals surface area contributed by atoms with E-state index in [1.54, 1.807) is 0 Å². The summed E-state index contributed by atoms with van der Waals surface area (Å²) in [6, 6.07) is 28.7. The molecule has 2 heteroatoms. The van der Waals surface area contributed by atoms with Crippen molar-refractivity contribution in [3.05, 3.63) is 101 Å². The van der Waals surface area contributed by atoms with Crippen molar-refractivity contribution in [1.29, 1.82) is 0 Å². The van der Waals surface area contributed by atoms with E-state index in [2.05, 4.69) is 118 Å². The van der Waals surface area contributed by atoms with Crippen LogP contribution in [0.25, 0.3) is 0 Å². The predicted molar refractivity (Wildman–Crippen MR) is 128 cm³/mol. The van der Waals surface area contributed by atoms with Crippen molar-refractivity contribution in [2.24, 2.45) is 5.10 Å². The summed E-state index contributed by atoms with van der Waals surface area (Å²) in [4.78, 5) is 0. The smallest absolute Gasteiger partial charge is 0.0831 e. The van der Waals surface area contributed by atoms with Gasteiger partial charge in [0.1, 0.15) is 0 Å². The highest BCUT2D eigenvalue weighted by Gasteiger charge is 2.30. The van der Waals surface area contributed by atoms with Gasteiger partial charge in [-0.1, -0.05) is 101 Å². The molecule has 2 nitrogen and oxygen atoms in total. The Morgan fingerprint density at radius 3 is 2.03 bits per heavy atom. The zero-order valence-electron chi connectivity index (χ0n) is 18.8. The van der Waals surface area contributed by atoms with Gasteiger partial charge in [0.25, 0.3) is 0 Å². The molecule has 3 aromatic rings. The van der Waals surface area contributed by atoms with Crippen LogP contribution >= 0.6 is 0 Å². The Labute approximate surface area is 181 Å². The Hall–Kier alpha value is -2.87. The lowest BCUT2D eigenvalue weighted by Crippen LogP contribution is -2.18. The molecule has 0 saturated carbocycles. The van der Waals surface area contributed by atoms with Gasteiger partial charge in [-0.05, 0) is 45.7 Å². The highest BCUT2D eigenvalue weighted by Crippen LogP contribution is 2.37. The van der Waals surface area contributed by atoms with E-state index >= 15 is 0 Å². The van der Waals surface area contributed by atoms with E-state index in [1.165, 1.54) is 22.3 Å². The number of anilines is 1. The summed E-state index contributed by atoms with van der Waals surface area (Å²) in [5.41, 5.74) is 7.70. The maximum Gasteiger partial charge on any atom is 0.0831 e. The average molecular weight is 397 g/mol. The molecule has 0 bridgehead atoms. The molecule has 0 fully saturated rings. The van der Waals surface area contributed by atoms with Gasteiger partial charge in [0, 0.05) is 6.42 Å². The van der Waals surface area contributed by atoms with Crippen LogP contribution in [0.2, 0.25) is 0 Å². The quantitative estimate of drug-likeness (QED) is 0.447. The van der Waals surface area contributed by atoms with E-state index in [0.29, 0.717) is 5.92 Å². The van der Waals surface area contributed by atoms with Crippen LogP contribution in [-0.4, -0.2) is 5.71 Å². The van der Waals surface area contributed by atoms with Crippen LogP contribution in [0.5, 0.6) is 0 Å². The highest BCUT2D eigenvalue weighted by molar-refractivity contribution is 6.03. The third-order valence-corrected chi connectivity index (χ3v) is 6.00. The maximum absolute atomic E-state index is 5.09. The lowest BCUT2D eigenvalue weighted by molar-refractivity contribution is 0.590. The Morgan fingerprint density at radius 1 is 0.833 bits per heavy atom. The molecule has 1 atom stereocenters. The second-order valence-electron chi connectivity index (χ2n) is 9.60. The van der Waals surface area contributed by atoms with Crippen LogP contribution in [0.1, 0.15) is 75.3 Å². The van der Waals surface area contributed by atoms with Crippen LogP contribution in [0, 0.1) is 0 Å². The lowest BCUT2D eigenvalue weighted by Gasteiger charge is -2.24. The van der Waals surface area contributed by atoms with Crippen molar-refractivity contribution in [2.45, 2.75) is 58.4 Å². The summed E-state index contributed by atoms with van der Waals surface area (Å²) < 4.78 is 0. The van der Waals surface area contributed by atoms with Crippen LogP contribution in [0.4, 0.5) is 5.69 Å². The van der Waals surface area contributed by atoms with Crippen LogP contribution in [-0.2, 0) is 5.41 Å². The first-order valence-corrected chi connectivity index (χ1v) is 11.0. The Bertz CT molecular complexity index is 1010. The fourth-order valence-electron chi connectivity index (χ4n) is 4.03. The number of para-hydroxylation sites is 1. The largest absolute Gasteiger partial charge is 0.257 e. The van der Waals surface area contributed by atoms with E-state index < -0.39 is 0 Å². The SMILES string of the molecule is CC(C)c1ccc(C2CC(c3ccc(C(C)(C)C)cc3)=NN2c2ccccc2)cc1. The summed E-state index contributed by atoms with van der Waals surface area (Å²) >= 11 is 0. The second kappa shape index (κ2) is 8.10. The number of hydrogen-bond acceptors (Lipinski definition) is 2. The van der Waals surface area contributed by atoms with E-state index in [0.717, 1.165) is 17.8 Å². The van der Waals surface area contributed by atoms with Crippen molar-refractivity contribution in [2.75, 3.05) is 5.01 Å². The van der Waals surface area contributed by atoms with Gasteiger partial charge >= 0.3 is 0 Å². The van der Waals surface area contributed by atoms with Crippen molar-refractivity contribution >= 4 is 11.4 Å². The summed E-state index contributed by atoms with van der Waals surface area (Å²) in [6.07, 6.45) is 0.908. The van der Waals surface area contributed by atoms with Gasteiger partial charge in [-0.15, -0.1) is 0 Å². The Morgan fingerprint density at radius 2 is 1.47 bits per heavy atom. The number of hydrogen-bond donors (Lipinski definition) is 0.